The number of rotatable bonds is 7. The van der Waals surface area contributed by atoms with Gasteiger partial charge in [0.25, 0.3) is 0 Å². The van der Waals surface area contributed by atoms with E-state index >= 15 is 0 Å². The van der Waals surface area contributed by atoms with E-state index in [-0.39, 0.29) is 18.4 Å². The fourth-order valence-electron chi connectivity index (χ4n) is 1.97. The van der Waals surface area contributed by atoms with Crippen LogP contribution in [0.15, 0.2) is 30.5 Å². The van der Waals surface area contributed by atoms with Gasteiger partial charge in [0, 0.05) is 13.5 Å². The Morgan fingerprint density at radius 2 is 2.17 bits per heavy atom. The Balaban J connectivity index is 1.76. The van der Waals surface area contributed by atoms with E-state index in [1.807, 2.05) is 24.3 Å². The van der Waals surface area contributed by atoms with Crippen LogP contribution in [-0.2, 0) is 22.6 Å². The van der Waals surface area contributed by atoms with Crippen LogP contribution in [0.3, 0.4) is 0 Å². The molecule has 122 valence electrons. The molecule has 0 saturated carbocycles. The SMILES string of the molecule is COc1cccc(CCNC(=O)Cn2ncc(NC(C)=O)n2)c1. The Morgan fingerprint density at radius 3 is 2.91 bits per heavy atom. The first-order valence-electron chi connectivity index (χ1n) is 7.14. The maximum atomic E-state index is 11.8. The van der Waals surface area contributed by atoms with Gasteiger partial charge in [-0.25, -0.2) is 0 Å². The van der Waals surface area contributed by atoms with Gasteiger partial charge in [-0.05, 0) is 24.1 Å². The molecule has 0 saturated heterocycles. The third kappa shape index (κ3) is 5.42. The van der Waals surface area contributed by atoms with Gasteiger partial charge in [0.05, 0.1) is 13.3 Å². The second kappa shape index (κ2) is 7.92. The lowest BCUT2D eigenvalue weighted by atomic mass is 10.1. The van der Waals surface area contributed by atoms with Crippen molar-refractivity contribution in [2.45, 2.75) is 19.9 Å². The zero-order chi connectivity index (χ0) is 16.7. The number of anilines is 1. The van der Waals surface area contributed by atoms with E-state index in [0.29, 0.717) is 18.8 Å². The summed E-state index contributed by atoms with van der Waals surface area (Å²) in [6.45, 7) is 1.88. The molecule has 2 amide bonds. The fraction of sp³-hybridized carbons (Fsp3) is 0.333. The van der Waals surface area contributed by atoms with Crippen LogP contribution in [0.5, 0.6) is 5.75 Å². The smallest absolute Gasteiger partial charge is 0.243 e. The highest BCUT2D eigenvalue weighted by Crippen LogP contribution is 2.12. The first-order valence-corrected chi connectivity index (χ1v) is 7.14. The average molecular weight is 317 g/mol. The van der Waals surface area contributed by atoms with Crippen molar-refractivity contribution in [2.75, 3.05) is 19.0 Å². The van der Waals surface area contributed by atoms with Gasteiger partial charge in [0.15, 0.2) is 5.82 Å². The van der Waals surface area contributed by atoms with Crippen molar-refractivity contribution in [3.05, 3.63) is 36.0 Å². The summed E-state index contributed by atoms with van der Waals surface area (Å²) in [7, 11) is 1.62. The minimum Gasteiger partial charge on any atom is -0.497 e. The summed E-state index contributed by atoms with van der Waals surface area (Å²) in [5.41, 5.74) is 1.08. The predicted molar refractivity (Wildman–Crippen MR) is 84.0 cm³/mol. The molecule has 8 heteroatoms. The number of amides is 2. The molecule has 0 fully saturated rings. The molecule has 2 aromatic rings. The van der Waals surface area contributed by atoms with Crippen molar-refractivity contribution in [3.8, 4) is 5.75 Å². The van der Waals surface area contributed by atoms with Gasteiger partial charge >= 0.3 is 0 Å². The molecule has 8 nitrogen and oxygen atoms in total. The van der Waals surface area contributed by atoms with E-state index in [2.05, 4.69) is 20.8 Å². The first kappa shape index (κ1) is 16.5. The van der Waals surface area contributed by atoms with Crippen LogP contribution in [0.2, 0.25) is 0 Å². The van der Waals surface area contributed by atoms with E-state index in [9.17, 15) is 9.59 Å². The quantitative estimate of drug-likeness (QED) is 0.779. The minimum atomic E-state index is -0.236. The Labute approximate surface area is 133 Å². The molecule has 1 aromatic carbocycles. The normalized spacial score (nSPS) is 10.2. The summed E-state index contributed by atoms with van der Waals surface area (Å²) in [6.07, 6.45) is 2.09. The number of hydrogen-bond donors (Lipinski definition) is 2. The molecule has 0 aliphatic heterocycles. The number of nitrogens with one attached hydrogen (secondary N) is 2. The molecule has 2 rings (SSSR count). The molecule has 2 N–H and O–H groups in total. The fourth-order valence-corrected chi connectivity index (χ4v) is 1.97. The lowest BCUT2D eigenvalue weighted by Gasteiger charge is -2.06. The number of nitrogens with zero attached hydrogens (tertiary/aromatic N) is 3. The molecule has 0 bridgehead atoms. The van der Waals surface area contributed by atoms with Gasteiger partial charge in [0.2, 0.25) is 11.8 Å². The summed E-state index contributed by atoms with van der Waals surface area (Å²) >= 11 is 0. The maximum Gasteiger partial charge on any atom is 0.243 e. The lowest BCUT2D eigenvalue weighted by Crippen LogP contribution is -2.30. The van der Waals surface area contributed by atoms with Crippen LogP contribution in [0, 0.1) is 0 Å². The molecule has 0 radical (unpaired) electrons. The largest absolute Gasteiger partial charge is 0.497 e. The predicted octanol–water partition coefficient (Wildman–Crippen LogP) is 0.604. The molecule has 23 heavy (non-hydrogen) atoms. The van der Waals surface area contributed by atoms with Gasteiger partial charge < -0.3 is 15.4 Å². The Kier molecular flexibility index (Phi) is 5.67. The van der Waals surface area contributed by atoms with Crippen LogP contribution in [0.4, 0.5) is 5.82 Å². The maximum absolute atomic E-state index is 11.8. The molecule has 0 aliphatic carbocycles. The van der Waals surface area contributed by atoms with Crippen molar-refractivity contribution in [1.82, 2.24) is 20.3 Å². The van der Waals surface area contributed by atoms with Gasteiger partial charge in [0.1, 0.15) is 12.3 Å². The number of ether oxygens (including phenoxy) is 1. The Bertz CT molecular complexity index is 683. The third-order valence-electron chi connectivity index (χ3n) is 3.00. The highest BCUT2D eigenvalue weighted by Gasteiger charge is 2.07. The second-order valence-corrected chi connectivity index (χ2v) is 4.89. The standard InChI is InChI=1S/C15H19N5O3/c1-11(21)18-14-9-17-20(19-14)10-15(22)16-7-6-12-4-3-5-13(8-12)23-2/h3-5,8-9H,6-7,10H2,1-2H3,(H,16,22)(H,18,19,21). The van der Waals surface area contributed by atoms with Crippen LogP contribution in [-0.4, -0.2) is 40.5 Å². The van der Waals surface area contributed by atoms with Gasteiger partial charge in [-0.3, -0.25) is 9.59 Å². The van der Waals surface area contributed by atoms with Crippen LogP contribution in [0.25, 0.3) is 0 Å². The van der Waals surface area contributed by atoms with Crippen molar-refractivity contribution in [1.29, 1.82) is 0 Å². The molecule has 1 aromatic heterocycles. The van der Waals surface area contributed by atoms with Crippen molar-refractivity contribution >= 4 is 17.6 Å². The monoisotopic (exact) mass is 317 g/mol. The Morgan fingerprint density at radius 1 is 1.35 bits per heavy atom. The molecule has 0 spiro atoms. The number of benzene rings is 1. The summed E-state index contributed by atoms with van der Waals surface area (Å²) in [6, 6.07) is 7.69. The summed E-state index contributed by atoms with van der Waals surface area (Å²) in [4.78, 5) is 24.0. The Hall–Kier alpha value is -2.90. The van der Waals surface area contributed by atoms with Gasteiger partial charge in [-0.1, -0.05) is 12.1 Å². The van der Waals surface area contributed by atoms with Gasteiger partial charge in [-0.15, -0.1) is 5.10 Å². The number of carbonyl (C=O) groups excluding carboxylic acids is 2. The number of hydrogen-bond acceptors (Lipinski definition) is 5. The second-order valence-electron chi connectivity index (χ2n) is 4.89. The molecule has 0 atom stereocenters. The highest BCUT2D eigenvalue weighted by atomic mass is 16.5. The summed E-state index contributed by atoms with van der Waals surface area (Å²) < 4.78 is 5.15. The average Bonchev–Trinajstić information content (AvgIpc) is 2.93. The summed E-state index contributed by atoms with van der Waals surface area (Å²) in [5, 5.41) is 13.2. The van der Waals surface area contributed by atoms with Crippen molar-refractivity contribution < 1.29 is 14.3 Å². The first-order chi connectivity index (χ1) is 11.1. The van der Waals surface area contributed by atoms with Crippen molar-refractivity contribution in [2.24, 2.45) is 0 Å². The molecular weight excluding hydrogens is 298 g/mol. The zero-order valence-corrected chi connectivity index (χ0v) is 13.1. The number of aromatic nitrogens is 3. The van der Waals surface area contributed by atoms with Crippen LogP contribution < -0.4 is 15.4 Å². The lowest BCUT2D eigenvalue weighted by molar-refractivity contribution is -0.122. The highest BCUT2D eigenvalue weighted by molar-refractivity contribution is 5.87. The van der Waals surface area contributed by atoms with E-state index in [4.69, 9.17) is 4.74 Å². The molecule has 1 heterocycles. The zero-order valence-electron chi connectivity index (χ0n) is 13.1. The topological polar surface area (TPSA) is 98.1 Å². The molecular formula is C15H19N5O3. The van der Waals surface area contributed by atoms with Crippen LogP contribution >= 0.6 is 0 Å². The van der Waals surface area contributed by atoms with Crippen LogP contribution in [0.1, 0.15) is 12.5 Å². The molecule has 0 unspecified atom stereocenters. The summed E-state index contributed by atoms with van der Waals surface area (Å²) in [5.74, 6) is 0.680. The third-order valence-corrected chi connectivity index (χ3v) is 3.00. The molecule has 0 aliphatic rings. The number of carbonyl (C=O) groups is 2. The van der Waals surface area contributed by atoms with Gasteiger partial charge in [-0.2, -0.15) is 9.90 Å². The minimum absolute atomic E-state index is 0.00229. The van der Waals surface area contributed by atoms with E-state index in [0.717, 1.165) is 11.3 Å². The van der Waals surface area contributed by atoms with E-state index in [1.54, 1.807) is 7.11 Å². The van der Waals surface area contributed by atoms with E-state index in [1.165, 1.54) is 17.9 Å². The number of methoxy groups -OCH3 is 1. The van der Waals surface area contributed by atoms with E-state index < -0.39 is 0 Å². The van der Waals surface area contributed by atoms with Crippen molar-refractivity contribution in [3.63, 3.8) is 0 Å².